The number of amides is 2. The number of carbonyl (C=O) groups is 2. The lowest BCUT2D eigenvalue weighted by molar-refractivity contribution is -0.141. The maximum absolute atomic E-state index is 11.9. The number of carbonyl (C=O) groups excluding carboxylic acids is 2. The molecule has 19 heavy (non-hydrogen) atoms. The molecule has 1 aliphatic rings. The summed E-state index contributed by atoms with van der Waals surface area (Å²) in [7, 11) is 1.41. The first-order chi connectivity index (χ1) is 8.78. The van der Waals surface area contributed by atoms with Crippen LogP contribution in [0.5, 0.6) is 0 Å². The zero-order chi connectivity index (χ0) is 14.5. The highest BCUT2D eigenvalue weighted by Crippen LogP contribution is 2.12. The van der Waals surface area contributed by atoms with Crippen molar-refractivity contribution in [3.05, 3.63) is 0 Å². The molecule has 0 aromatic carbocycles. The molecule has 0 saturated carbocycles. The summed E-state index contributed by atoms with van der Waals surface area (Å²) >= 11 is 0. The van der Waals surface area contributed by atoms with Crippen molar-refractivity contribution in [3.8, 4) is 0 Å². The maximum atomic E-state index is 11.9. The SMILES string of the molecule is CN(CC(=O)NCC(F)(F)F)C(=O)CC1CCCN1. The molecular weight excluding hydrogens is 263 g/mol. The highest BCUT2D eigenvalue weighted by Gasteiger charge is 2.28. The third kappa shape index (κ3) is 6.42. The molecule has 1 atom stereocenters. The Morgan fingerprint density at radius 1 is 1.42 bits per heavy atom. The van der Waals surface area contributed by atoms with E-state index in [1.54, 1.807) is 5.32 Å². The van der Waals surface area contributed by atoms with Crippen LogP contribution in [0.1, 0.15) is 19.3 Å². The van der Waals surface area contributed by atoms with Crippen molar-refractivity contribution in [2.75, 3.05) is 26.7 Å². The summed E-state index contributed by atoms with van der Waals surface area (Å²) < 4.78 is 35.6. The van der Waals surface area contributed by atoms with Crippen molar-refractivity contribution in [3.63, 3.8) is 0 Å². The van der Waals surface area contributed by atoms with Crippen LogP contribution in [-0.2, 0) is 9.59 Å². The van der Waals surface area contributed by atoms with Crippen molar-refractivity contribution < 1.29 is 22.8 Å². The molecule has 0 radical (unpaired) electrons. The summed E-state index contributed by atoms with van der Waals surface area (Å²) in [4.78, 5) is 24.1. The van der Waals surface area contributed by atoms with Gasteiger partial charge in [-0.05, 0) is 19.4 Å². The Labute approximate surface area is 109 Å². The van der Waals surface area contributed by atoms with Crippen LogP contribution in [0.2, 0.25) is 0 Å². The first kappa shape index (κ1) is 15.7. The van der Waals surface area contributed by atoms with Gasteiger partial charge in [-0.25, -0.2) is 0 Å². The smallest absolute Gasteiger partial charge is 0.345 e. The van der Waals surface area contributed by atoms with Crippen LogP contribution in [0.15, 0.2) is 0 Å². The predicted octanol–water partition coefficient (Wildman–Crippen LogP) is 0.265. The molecule has 8 heteroatoms. The Kier molecular flexibility index (Phi) is 5.59. The van der Waals surface area contributed by atoms with E-state index in [1.807, 2.05) is 0 Å². The number of likely N-dealkylation sites (N-methyl/N-ethyl adjacent to an activating group) is 1. The third-order valence-corrected chi connectivity index (χ3v) is 2.88. The van der Waals surface area contributed by atoms with E-state index < -0.39 is 18.6 Å². The lowest BCUT2D eigenvalue weighted by Gasteiger charge is -2.19. The van der Waals surface area contributed by atoms with E-state index in [2.05, 4.69) is 5.32 Å². The predicted molar refractivity (Wildman–Crippen MR) is 62.3 cm³/mol. The molecule has 5 nitrogen and oxygen atoms in total. The van der Waals surface area contributed by atoms with Crippen molar-refractivity contribution in [2.24, 2.45) is 0 Å². The molecular formula is C11H18F3N3O2. The molecule has 1 rings (SSSR count). The summed E-state index contributed by atoms with van der Waals surface area (Å²) in [6.07, 6.45) is -2.26. The molecule has 0 aromatic rings. The molecule has 110 valence electrons. The molecule has 1 unspecified atom stereocenters. The molecule has 1 aliphatic heterocycles. The van der Waals surface area contributed by atoms with Crippen molar-refractivity contribution in [1.82, 2.24) is 15.5 Å². The molecule has 2 amide bonds. The normalized spacial score (nSPS) is 19.3. The van der Waals surface area contributed by atoms with E-state index in [1.165, 1.54) is 7.05 Å². The highest BCUT2D eigenvalue weighted by molar-refractivity contribution is 5.84. The first-order valence-electron chi connectivity index (χ1n) is 6.09. The van der Waals surface area contributed by atoms with E-state index in [9.17, 15) is 22.8 Å². The second kappa shape index (κ2) is 6.74. The fraction of sp³-hybridized carbons (Fsp3) is 0.818. The van der Waals surface area contributed by atoms with Crippen LogP contribution in [0, 0.1) is 0 Å². The Balaban J connectivity index is 2.26. The van der Waals surface area contributed by atoms with Gasteiger partial charge in [-0.1, -0.05) is 0 Å². The van der Waals surface area contributed by atoms with Gasteiger partial charge in [0.25, 0.3) is 0 Å². The quantitative estimate of drug-likeness (QED) is 0.760. The van der Waals surface area contributed by atoms with E-state index in [4.69, 9.17) is 0 Å². The molecule has 0 aliphatic carbocycles. The molecule has 1 fully saturated rings. The third-order valence-electron chi connectivity index (χ3n) is 2.88. The first-order valence-corrected chi connectivity index (χ1v) is 6.09. The summed E-state index contributed by atoms with van der Waals surface area (Å²) in [6, 6.07) is 0.105. The van der Waals surface area contributed by atoms with Gasteiger partial charge in [-0.2, -0.15) is 13.2 Å². The minimum absolute atomic E-state index is 0.105. The number of rotatable bonds is 5. The van der Waals surface area contributed by atoms with Gasteiger partial charge in [0.1, 0.15) is 6.54 Å². The lowest BCUT2D eigenvalue weighted by atomic mass is 10.1. The number of hydrogen-bond acceptors (Lipinski definition) is 3. The second-order valence-corrected chi connectivity index (χ2v) is 4.64. The Bertz CT molecular complexity index is 328. The average Bonchev–Trinajstić information content (AvgIpc) is 2.78. The van der Waals surface area contributed by atoms with Crippen LogP contribution < -0.4 is 10.6 Å². The van der Waals surface area contributed by atoms with Crippen LogP contribution in [0.3, 0.4) is 0 Å². The van der Waals surface area contributed by atoms with Gasteiger partial charge >= 0.3 is 6.18 Å². The van der Waals surface area contributed by atoms with Crippen molar-refractivity contribution >= 4 is 11.8 Å². The van der Waals surface area contributed by atoms with Crippen molar-refractivity contribution in [1.29, 1.82) is 0 Å². The largest absolute Gasteiger partial charge is 0.405 e. The van der Waals surface area contributed by atoms with E-state index >= 15 is 0 Å². The zero-order valence-electron chi connectivity index (χ0n) is 10.7. The second-order valence-electron chi connectivity index (χ2n) is 4.64. The summed E-state index contributed by atoms with van der Waals surface area (Å²) in [5.41, 5.74) is 0. The number of halogens is 3. The lowest BCUT2D eigenvalue weighted by Crippen LogP contribution is -2.42. The fourth-order valence-electron chi connectivity index (χ4n) is 1.86. The molecule has 0 aromatic heterocycles. The highest BCUT2D eigenvalue weighted by atomic mass is 19.4. The molecule has 2 N–H and O–H groups in total. The van der Waals surface area contributed by atoms with Crippen LogP contribution in [0.4, 0.5) is 13.2 Å². The van der Waals surface area contributed by atoms with Crippen LogP contribution >= 0.6 is 0 Å². The standard InChI is InChI=1S/C11H18F3N3O2/c1-17(6-9(18)16-7-11(12,13)14)10(19)5-8-3-2-4-15-8/h8,15H,2-7H2,1H3,(H,16,18). The number of nitrogens with zero attached hydrogens (tertiary/aromatic N) is 1. The van der Waals surface area contributed by atoms with Gasteiger partial charge in [-0.3, -0.25) is 9.59 Å². The summed E-state index contributed by atoms with van der Waals surface area (Å²) in [6.45, 7) is -0.868. The minimum Gasteiger partial charge on any atom is -0.345 e. The average molecular weight is 281 g/mol. The van der Waals surface area contributed by atoms with Gasteiger partial charge in [-0.15, -0.1) is 0 Å². The van der Waals surface area contributed by atoms with Crippen LogP contribution in [-0.4, -0.2) is 55.6 Å². The molecule has 0 bridgehead atoms. The maximum Gasteiger partial charge on any atom is 0.405 e. The number of alkyl halides is 3. The Hall–Kier alpha value is -1.31. The van der Waals surface area contributed by atoms with E-state index in [0.29, 0.717) is 0 Å². The van der Waals surface area contributed by atoms with Crippen LogP contribution in [0.25, 0.3) is 0 Å². The summed E-state index contributed by atoms with van der Waals surface area (Å²) in [5.74, 6) is -1.06. The van der Waals surface area contributed by atoms with Gasteiger partial charge in [0, 0.05) is 19.5 Å². The summed E-state index contributed by atoms with van der Waals surface area (Å²) in [5, 5.41) is 4.87. The van der Waals surface area contributed by atoms with Gasteiger partial charge in [0.2, 0.25) is 11.8 Å². The number of nitrogens with one attached hydrogen (secondary N) is 2. The molecule has 1 saturated heterocycles. The minimum atomic E-state index is -4.44. The van der Waals surface area contributed by atoms with E-state index in [0.717, 1.165) is 24.3 Å². The van der Waals surface area contributed by atoms with E-state index in [-0.39, 0.29) is 24.9 Å². The molecule has 1 heterocycles. The zero-order valence-corrected chi connectivity index (χ0v) is 10.7. The van der Waals surface area contributed by atoms with Crippen molar-refractivity contribution in [2.45, 2.75) is 31.5 Å². The topological polar surface area (TPSA) is 61.4 Å². The fourth-order valence-corrected chi connectivity index (χ4v) is 1.86. The molecule has 0 spiro atoms. The number of hydrogen-bond donors (Lipinski definition) is 2. The van der Waals surface area contributed by atoms with Gasteiger partial charge in [0.05, 0.1) is 6.54 Å². The Morgan fingerprint density at radius 2 is 2.11 bits per heavy atom. The van der Waals surface area contributed by atoms with Gasteiger partial charge < -0.3 is 15.5 Å². The monoisotopic (exact) mass is 281 g/mol. The Morgan fingerprint density at radius 3 is 2.63 bits per heavy atom. The van der Waals surface area contributed by atoms with Gasteiger partial charge in [0.15, 0.2) is 0 Å².